The van der Waals surface area contributed by atoms with Crippen LogP contribution < -0.4 is 5.32 Å². The number of anilines is 1. The van der Waals surface area contributed by atoms with Gasteiger partial charge in [0.2, 0.25) is 5.91 Å². The van der Waals surface area contributed by atoms with E-state index < -0.39 is 11.1 Å². The second kappa shape index (κ2) is 7.20. The molecule has 0 unspecified atom stereocenters. The highest BCUT2D eigenvalue weighted by atomic mass is 32.2. The monoisotopic (exact) mass is 388 g/mol. The molecular weight excluding hydrogens is 371 g/mol. The Morgan fingerprint density at radius 1 is 1.31 bits per heavy atom. The third-order valence-corrected chi connectivity index (χ3v) is 6.02. The molecule has 0 bridgehead atoms. The number of nitrogens with one attached hydrogen (secondary N) is 1. The fraction of sp³-hybridized carbons (Fsp3) is 0.278. The van der Waals surface area contributed by atoms with Gasteiger partial charge in [-0.3, -0.25) is 9.36 Å². The fourth-order valence-electron chi connectivity index (χ4n) is 2.60. The Labute approximate surface area is 158 Å². The minimum absolute atomic E-state index is 0.188. The van der Waals surface area contributed by atoms with E-state index in [-0.39, 0.29) is 11.6 Å². The third kappa shape index (κ3) is 3.52. The normalized spacial score (nSPS) is 15.0. The molecule has 1 saturated carbocycles. The van der Waals surface area contributed by atoms with Gasteiger partial charge in [0.05, 0.1) is 15.8 Å². The summed E-state index contributed by atoms with van der Waals surface area (Å²) in [5, 5.41) is 13.6. The molecule has 1 atom stereocenters. The highest BCUT2D eigenvalue weighted by molar-refractivity contribution is 8.00. The SMILES string of the molecule is C[C@H](Sc1nnc(-c2cccs2)n1C1CC1)C(=O)Nc1ccccc1F. The van der Waals surface area contributed by atoms with Gasteiger partial charge in [-0.05, 0) is 43.3 Å². The van der Waals surface area contributed by atoms with Gasteiger partial charge in [-0.1, -0.05) is 30.0 Å². The van der Waals surface area contributed by atoms with E-state index in [9.17, 15) is 9.18 Å². The van der Waals surface area contributed by atoms with Gasteiger partial charge in [-0.2, -0.15) is 0 Å². The van der Waals surface area contributed by atoms with Crippen molar-refractivity contribution in [3.63, 3.8) is 0 Å². The molecule has 0 spiro atoms. The van der Waals surface area contributed by atoms with Gasteiger partial charge in [-0.15, -0.1) is 21.5 Å². The largest absolute Gasteiger partial charge is 0.323 e. The first kappa shape index (κ1) is 17.2. The standard InChI is InChI=1S/C18H17FN4OS2/c1-11(17(24)20-14-6-3-2-5-13(14)19)26-18-22-21-16(15-7-4-10-25-15)23(18)12-8-9-12/h2-7,10-12H,8-9H2,1H3,(H,20,24)/t11-/m0/s1. The Morgan fingerprint density at radius 2 is 2.12 bits per heavy atom. The van der Waals surface area contributed by atoms with Crippen LogP contribution in [0.2, 0.25) is 0 Å². The second-order valence-electron chi connectivity index (χ2n) is 6.11. The molecule has 3 aromatic rings. The molecule has 2 aromatic heterocycles. The maximum atomic E-state index is 13.7. The average Bonchev–Trinajstić information content (AvgIpc) is 3.16. The molecule has 1 aromatic carbocycles. The predicted octanol–water partition coefficient (Wildman–Crippen LogP) is 4.60. The van der Waals surface area contributed by atoms with Crippen LogP contribution in [0.25, 0.3) is 10.7 Å². The summed E-state index contributed by atoms with van der Waals surface area (Å²) in [6.07, 6.45) is 2.19. The lowest BCUT2D eigenvalue weighted by molar-refractivity contribution is -0.115. The first-order valence-corrected chi connectivity index (χ1v) is 10.1. The quantitative estimate of drug-likeness (QED) is 0.627. The maximum Gasteiger partial charge on any atom is 0.237 e. The van der Waals surface area contributed by atoms with E-state index in [1.165, 1.54) is 17.8 Å². The lowest BCUT2D eigenvalue weighted by Crippen LogP contribution is -2.23. The van der Waals surface area contributed by atoms with Crippen molar-refractivity contribution in [2.45, 2.75) is 36.2 Å². The molecule has 26 heavy (non-hydrogen) atoms. The second-order valence-corrected chi connectivity index (χ2v) is 8.37. The number of para-hydroxylation sites is 1. The van der Waals surface area contributed by atoms with E-state index in [1.54, 1.807) is 36.5 Å². The van der Waals surface area contributed by atoms with Crippen molar-refractivity contribution in [3.05, 3.63) is 47.6 Å². The number of nitrogens with zero attached hydrogens (tertiary/aromatic N) is 3. The Morgan fingerprint density at radius 3 is 2.81 bits per heavy atom. The van der Waals surface area contributed by atoms with E-state index in [1.807, 2.05) is 17.5 Å². The van der Waals surface area contributed by atoms with Crippen LogP contribution in [0.5, 0.6) is 0 Å². The first-order chi connectivity index (χ1) is 12.6. The maximum absolute atomic E-state index is 13.7. The van der Waals surface area contributed by atoms with Gasteiger partial charge in [-0.25, -0.2) is 4.39 Å². The molecule has 1 fully saturated rings. The van der Waals surface area contributed by atoms with Crippen LogP contribution in [0, 0.1) is 5.82 Å². The molecule has 1 N–H and O–H groups in total. The topological polar surface area (TPSA) is 59.8 Å². The number of hydrogen-bond acceptors (Lipinski definition) is 5. The molecule has 1 amide bonds. The van der Waals surface area contributed by atoms with Crippen molar-refractivity contribution in [1.82, 2.24) is 14.8 Å². The van der Waals surface area contributed by atoms with Crippen molar-refractivity contribution in [2.75, 3.05) is 5.32 Å². The lowest BCUT2D eigenvalue weighted by Gasteiger charge is -2.13. The molecule has 4 rings (SSSR count). The van der Waals surface area contributed by atoms with Gasteiger partial charge in [0.15, 0.2) is 11.0 Å². The number of thiophene rings is 1. The smallest absolute Gasteiger partial charge is 0.237 e. The lowest BCUT2D eigenvalue weighted by atomic mass is 10.3. The number of aromatic nitrogens is 3. The van der Waals surface area contributed by atoms with Crippen molar-refractivity contribution < 1.29 is 9.18 Å². The summed E-state index contributed by atoms with van der Waals surface area (Å²) >= 11 is 2.97. The number of halogens is 1. The van der Waals surface area contributed by atoms with Crippen molar-refractivity contribution in [3.8, 4) is 10.7 Å². The van der Waals surface area contributed by atoms with Gasteiger partial charge in [0.25, 0.3) is 0 Å². The zero-order chi connectivity index (χ0) is 18.1. The number of carbonyl (C=O) groups is 1. The minimum Gasteiger partial charge on any atom is -0.323 e. The summed E-state index contributed by atoms with van der Waals surface area (Å²) in [6.45, 7) is 1.79. The van der Waals surface area contributed by atoms with Crippen molar-refractivity contribution >= 4 is 34.7 Å². The van der Waals surface area contributed by atoms with Gasteiger partial charge < -0.3 is 5.32 Å². The van der Waals surface area contributed by atoms with Gasteiger partial charge >= 0.3 is 0 Å². The Balaban J connectivity index is 1.52. The van der Waals surface area contributed by atoms with Crippen LogP contribution in [-0.2, 0) is 4.79 Å². The van der Waals surface area contributed by atoms with Crippen LogP contribution in [0.3, 0.4) is 0 Å². The zero-order valence-electron chi connectivity index (χ0n) is 14.1. The molecule has 134 valence electrons. The summed E-state index contributed by atoms with van der Waals surface area (Å²) < 4.78 is 15.9. The molecule has 8 heteroatoms. The third-order valence-electron chi connectivity index (χ3n) is 4.10. The van der Waals surface area contributed by atoms with Crippen LogP contribution in [0.4, 0.5) is 10.1 Å². The Bertz CT molecular complexity index is 921. The number of benzene rings is 1. The molecule has 2 heterocycles. The van der Waals surface area contributed by atoms with Crippen LogP contribution in [0.15, 0.2) is 46.9 Å². The summed E-state index contributed by atoms with van der Waals surface area (Å²) in [6, 6.07) is 10.6. The Hall–Kier alpha value is -2.19. The van der Waals surface area contributed by atoms with E-state index in [0.717, 1.165) is 28.7 Å². The van der Waals surface area contributed by atoms with Crippen LogP contribution in [0.1, 0.15) is 25.8 Å². The van der Waals surface area contributed by atoms with Crippen molar-refractivity contribution in [1.29, 1.82) is 0 Å². The summed E-state index contributed by atoms with van der Waals surface area (Å²) in [5.41, 5.74) is 0.188. The van der Waals surface area contributed by atoms with Crippen molar-refractivity contribution in [2.24, 2.45) is 0 Å². The average molecular weight is 388 g/mol. The molecular formula is C18H17FN4OS2. The molecule has 0 radical (unpaired) electrons. The van der Waals surface area contributed by atoms with E-state index in [0.29, 0.717) is 6.04 Å². The van der Waals surface area contributed by atoms with E-state index in [4.69, 9.17) is 0 Å². The number of amides is 1. The first-order valence-electron chi connectivity index (χ1n) is 8.34. The number of hydrogen-bond donors (Lipinski definition) is 1. The summed E-state index contributed by atoms with van der Waals surface area (Å²) in [4.78, 5) is 13.5. The van der Waals surface area contributed by atoms with Crippen LogP contribution in [-0.4, -0.2) is 25.9 Å². The highest BCUT2D eigenvalue weighted by Gasteiger charge is 2.31. The predicted molar refractivity (Wildman–Crippen MR) is 102 cm³/mol. The molecule has 1 aliphatic carbocycles. The van der Waals surface area contributed by atoms with E-state index in [2.05, 4.69) is 20.1 Å². The summed E-state index contributed by atoms with van der Waals surface area (Å²) in [7, 11) is 0. The number of rotatable bonds is 6. The molecule has 5 nitrogen and oxygen atoms in total. The summed E-state index contributed by atoms with van der Waals surface area (Å²) in [5.74, 6) is 0.147. The number of carbonyl (C=O) groups excluding carboxylic acids is 1. The molecule has 0 aliphatic heterocycles. The Kier molecular flexibility index (Phi) is 4.78. The van der Waals surface area contributed by atoms with Crippen LogP contribution >= 0.6 is 23.1 Å². The van der Waals surface area contributed by atoms with Gasteiger partial charge in [0.1, 0.15) is 5.82 Å². The highest BCUT2D eigenvalue weighted by Crippen LogP contribution is 2.42. The zero-order valence-corrected chi connectivity index (χ0v) is 15.7. The number of thioether (sulfide) groups is 1. The minimum atomic E-state index is -0.445. The van der Waals surface area contributed by atoms with Gasteiger partial charge in [0, 0.05) is 6.04 Å². The molecule has 0 saturated heterocycles. The fourth-order valence-corrected chi connectivity index (χ4v) is 4.23. The van der Waals surface area contributed by atoms with E-state index >= 15 is 0 Å². The molecule has 1 aliphatic rings.